The number of piperazine rings is 1. The molecule has 0 amide bonds. The number of sulfonamides is 1. The van der Waals surface area contributed by atoms with Gasteiger partial charge < -0.3 is 16.0 Å². The van der Waals surface area contributed by atoms with Crippen molar-refractivity contribution in [1.29, 1.82) is 0 Å². The van der Waals surface area contributed by atoms with Gasteiger partial charge in [0.15, 0.2) is 5.96 Å². The number of hydrogen-bond acceptors (Lipinski definition) is 5. The molecule has 0 aromatic carbocycles. The van der Waals surface area contributed by atoms with Crippen molar-refractivity contribution in [2.24, 2.45) is 16.6 Å². The average molecular weight is 425 g/mol. The maximum atomic E-state index is 12.6. The Morgan fingerprint density at radius 2 is 1.93 bits per heavy atom. The van der Waals surface area contributed by atoms with E-state index in [9.17, 15) is 8.42 Å². The highest BCUT2D eigenvalue weighted by molar-refractivity contribution is 7.89. The van der Waals surface area contributed by atoms with E-state index < -0.39 is 10.0 Å². The van der Waals surface area contributed by atoms with Crippen molar-refractivity contribution in [3.8, 4) is 0 Å². The van der Waals surface area contributed by atoms with Gasteiger partial charge in [0.25, 0.3) is 0 Å². The molecule has 1 atom stereocenters. The summed E-state index contributed by atoms with van der Waals surface area (Å²) in [5.74, 6) is 1.87. The number of aliphatic imine (C=N–C) groups is 1. The van der Waals surface area contributed by atoms with Crippen LogP contribution in [0.5, 0.6) is 0 Å². The molecule has 0 saturated carbocycles. The van der Waals surface area contributed by atoms with Crippen molar-refractivity contribution in [3.05, 3.63) is 24.4 Å². The summed E-state index contributed by atoms with van der Waals surface area (Å²) in [5, 5.41) is 3.15. The predicted molar refractivity (Wildman–Crippen MR) is 120 cm³/mol. The minimum Gasteiger partial charge on any atom is -0.370 e. The third kappa shape index (κ3) is 8.18. The van der Waals surface area contributed by atoms with Crippen LogP contribution in [0.15, 0.2) is 29.4 Å². The quantitative estimate of drug-likeness (QED) is 0.437. The van der Waals surface area contributed by atoms with Gasteiger partial charge >= 0.3 is 0 Å². The summed E-state index contributed by atoms with van der Waals surface area (Å²) < 4.78 is 26.7. The molecule has 0 bridgehead atoms. The number of nitrogens with zero attached hydrogens (tertiary/aromatic N) is 4. The van der Waals surface area contributed by atoms with Gasteiger partial charge in [-0.3, -0.25) is 4.99 Å². The van der Waals surface area contributed by atoms with Gasteiger partial charge in [-0.05, 0) is 31.4 Å². The van der Waals surface area contributed by atoms with Crippen molar-refractivity contribution in [2.75, 3.05) is 43.4 Å². The fourth-order valence-electron chi connectivity index (χ4n) is 3.35. The maximum Gasteiger partial charge on any atom is 0.216 e. The van der Waals surface area contributed by atoms with E-state index >= 15 is 0 Å². The van der Waals surface area contributed by atoms with Crippen molar-refractivity contribution < 1.29 is 8.42 Å². The van der Waals surface area contributed by atoms with Crippen LogP contribution in [0, 0.1) is 5.92 Å². The van der Waals surface area contributed by atoms with Crippen LogP contribution >= 0.6 is 0 Å². The van der Waals surface area contributed by atoms with E-state index in [0.29, 0.717) is 38.1 Å². The first-order valence-corrected chi connectivity index (χ1v) is 12.1. The zero-order valence-electron chi connectivity index (χ0n) is 17.9. The lowest BCUT2D eigenvalue weighted by Crippen LogP contribution is -2.49. The van der Waals surface area contributed by atoms with Gasteiger partial charge in [0.05, 0.1) is 12.3 Å². The third-order valence-corrected chi connectivity index (χ3v) is 6.90. The number of guanidine groups is 1. The van der Waals surface area contributed by atoms with Crippen LogP contribution in [0.1, 0.15) is 40.0 Å². The Bertz CT molecular complexity index is 731. The molecule has 1 aliphatic heterocycles. The molecule has 29 heavy (non-hydrogen) atoms. The van der Waals surface area contributed by atoms with E-state index in [1.807, 2.05) is 18.2 Å². The summed E-state index contributed by atoms with van der Waals surface area (Å²) in [6.45, 7) is 8.86. The van der Waals surface area contributed by atoms with Crippen molar-refractivity contribution in [2.45, 2.75) is 46.1 Å². The van der Waals surface area contributed by atoms with Crippen LogP contribution in [0.2, 0.25) is 0 Å². The third-order valence-electron chi connectivity index (χ3n) is 5.05. The van der Waals surface area contributed by atoms with Crippen LogP contribution in [0.4, 0.5) is 5.82 Å². The largest absolute Gasteiger partial charge is 0.370 e. The second-order valence-electron chi connectivity index (χ2n) is 8.03. The first-order valence-electron chi connectivity index (χ1n) is 10.5. The zero-order valence-corrected chi connectivity index (χ0v) is 18.7. The number of aromatic nitrogens is 1. The van der Waals surface area contributed by atoms with Gasteiger partial charge in [0, 0.05) is 38.4 Å². The number of hydrogen-bond donors (Lipinski definition) is 2. The monoisotopic (exact) mass is 424 g/mol. The Morgan fingerprint density at radius 1 is 1.21 bits per heavy atom. The molecule has 1 aromatic rings. The molecular weight excluding hydrogens is 388 g/mol. The van der Waals surface area contributed by atoms with Gasteiger partial charge in [0.1, 0.15) is 5.82 Å². The molecule has 1 unspecified atom stereocenters. The fraction of sp³-hybridized carbons (Fsp3) is 0.700. The number of pyridine rings is 1. The Kier molecular flexibility index (Phi) is 9.16. The first kappa shape index (κ1) is 23.4. The van der Waals surface area contributed by atoms with E-state index in [4.69, 9.17) is 5.73 Å². The zero-order chi connectivity index (χ0) is 21.3. The molecule has 0 spiro atoms. The van der Waals surface area contributed by atoms with Crippen molar-refractivity contribution in [1.82, 2.24) is 14.6 Å². The molecule has 1 fully saturated rings. The van der Waals surface area contributed by atoms with Crippen LogP contribution < -0.4 is 16.0 Å². The molecule has 1 aliphatic rings. The minimum absolute atomic E-state index is 0.0271. The molecule has 2 rings (SSSR count). The lowest BCUT2D eigenvalue weighted by Gasteiger charge is -2.34. The second-order valence-corrected chi connectivity index (χ2v) is 10.1. The van der Waals surface area contributed by atoms with E-state index in [1.54, 1.807) is 10.5 Å². The van der Waals surface area contributed by atoms with E-state index in [1.165, 1.54) is 6.42 Å². The minimum atomic E-state index is -3.34. The number of nitrogens with one attached hydrogen (secondary N) is 1. The summed E-state index contributed by atoms with van der Waals surface area (Å²) >= 11 is 0. The standard InChI is InChI=1S/C20H36N6O2S/c1-17(2)7-6-8-18(3)24-20(21)23-11-16-29(27,28)26-14-12-25(13-15-26)19-9-4-5-10-22-19/h4-5,9-10,17-18H,6-8,11-16H2,1-3H3,(H3,21,23,24). The first-order chi connectivity index (χ1) is 13.8. The van der Waals surface area contributed by atoms with Gasteiger partial charge in [-0.25, -0.2) is 13.4 Å². The SMILES string of the molecule is CC(C)CCCC(C)NC(N)=NCCS(=O)(=O)N1CCN(c2ccccn2)CC1. The Labute approximate surface area is 175 Å². The smallest absolute Gasteiger partial charge is 0.216 e. The molecule has 1 aromatic heterocycles. The van der Waals surface area contributed by atoms with Crippen molar-refractivity contribution >= 4 is 21.8 Å². The predicted octanol–water partition coefficient (Wildman–Crippen LogP) is 1.65. The highest BCUT2D eigenvalue weighted by atomic mass is 32.2. The van der Waals surface area contributed by atoms with Crippen molar-refractivity contribution in [3.63, 3.8) is 0 Å². The molecule has 2 heterocycles. The molecule has 9 heteroatoms. The van der Waals surface area contributed by atoms with E-state index in [-0.39, 0.29) is 18.3 Å². The molecule has 1 saturated heterocycles. The summed E-state index contributed by atoms with van der Waals surface area (Å²) in [7, 11) is -3.34. The summed E-state index contributed by atoms with van der Waals surface area (Å²) in [6.07, 6.45) is 5.10. The summed E-state index contributed by atoms with van der Waals surface area (Å²) in [6, 6.07) is 5.98. The highest BCUT2D eigenvalue weighted by Gasteiger charge is 2.27. The summed E-state index contributed by atoms with van der Waals surface area (Å²) in [4.78, 5) is 10.6. The Morgan fingerprint density at radius 3 is 2.55 bits per heavy atom. The second kappa shape index (κ2) is 11.3. The van der Waals surface area contributed by atoms with Crippen LogP contribution in [0.25, 0.3) is 0 Å². The van der Waals surface area contributed by atoms with Gasteiger partial charge in [-0.1, -0.05) is 32.8 Å². The molecule has 8 nitrogen and oxygen atoms in total. The molecule has 0 radical (unpaired) electrons. The van der Waals surface area contributed by atoms with E-state index in [2.05, 4.69) is 41.0 Å². The lowest BCUT2D eigenvalue weighted by molar-refractivity contribution is 0.384. The summed E-state index contributed by atoms with van der Waals surface area (Å²) in [5.41, 5.74) is 5.91. The normalized spacial score (nSPS) is 17.5. The Hall–Kier alpha value is -1.87. The topological polar surface area (TPSA) is 104 Å². The Balaban J connectivity index is 1.73. The van der Waals surface area contributed by atoms with Crippen LogP contribution in [-0.4, -0.2) is 68.2 Å². The van der Waals surface area contributed by atoms with Crippen LogP contribution in [0.3, 0.4) is 0 Å². The van der Waals surface area contributed by atoms with Gasteiger partial charge in [0.2, 0.25) is 10.0 Å². The number of anilines is 1. The molecule has 3 N–H and O–H groups in total. The highest BCUT2D eigenvalue weighted by Crippen LogP contribution is 2.14. The van der Waals surface area contributed by atoms with Crippen LogP contribution in [-0.2, 0) is 10.0 Å². The molecular formula is C20H36N6O2S. The number of nitrogens with two attached hydrogens (primary N) is 1. The van der Waals surface area contributed by atoms with Gasteiger partial charge in [-0.15, -0.1) is 0 Å². The average Bonchev–Trinajstić information content (AvgIpc) is 2.68. The molecule has 0 aliphatic carbocycles. The van der Waals surface area contributed by atoms with Gasteiger partial charge in [-0.2, -0.15) is 4.31 Å². The number of rotatable bonds is 10. The maximum absolute atomic E-state index is 12.6. The lowest BCUT2D eigenvalue weighted by atomic mass is 10.0. The van der Waals surface area contributed by atoms with E-state index in [0.717, 1.165) is 18.7 Å². The molecule has 164 valence electrons. The fourth-order valence-corrected chi connectivity index (χ4v) is 4.65.